The molecule has 0 fully saturated rings. The van der Waals surface area contributed by atoms with Crippen LogP contribution in [0.1, 0.15) is 32.3 Å². The van der Waals surface area contributed by atoms with E-state index in [1.54, 1.807) is 6.20 Å². The maximum atomic E-state index is 11.3. The summed E-state index contributed by atoms with van der Waals surface area (Å²) in [5.41, 5.74) is 0.954. The third-order valence-corrected chi connectivity index (χ3v) is 2.07. The van der Waals surface area contributed by atoms with Crippen LogP contribution in [0.25, 0.3) is 0 Å². The first-order chi connectivity index (χ1) is 6.50. The molecule has 0 aromatic carbocycles. The van der Waals surface area contributed by atoms with E-state index >= 15 is 0 Å². The van der Waals surface area contributed by atoms with Gasteiger partial charge in [0.15, 0.2) is 0 Å². The topological polar surface area (TPSA) is 39.1 Å². The van der Waals surface area contributed by atoms with Gasteiger partial charge in [-0.05, 0) is 18.4 Å². The van der Waals surface area contributed by atoms with E-state index in [4.69, 9.17) is 0 Å². The fraction of sp³-hybridized carbons (Fsp3) is 0.455. The van der Waals surface area contributed by atoms with Crippen LogP contribution < -0.4 is 5.56 Å². The van der Waals surface area contributed by atoms with Gasteiger partial charge in [-0.25, -0.2) is 0 Å². The van der Waals surface area contributed by atoms with Crippen molar-refractivity contribution in [3.05, 3.63) is 34.2 Å². The first-order valence-electron chi connectivity index (χ1n) is 4.70. The Morgan fingerprint density at radius 1 is 1.43 bits per heavy atom. The second-order valence-electron chi connectivity index (χ2n) is 3.79. The van der Waals surface area contributed by atoms with Crippen LogP contribution in [0.5, 0.6) is 0 Å². The minimum atomic E-state index is -0.121. The summed E-state index contributed by atoms with van der Waals surface area (Å²) >= 11 is 0. The Balaban J connectivity index is 3.08. The van der Waals surface area contributed by atoms with Crippen molar-refractivity contribution >= 4 is 5.78 Å². The molecule has 76 valence electrons. The lowest BCUT2D eigenvalue weighted by Crippen LogP contribution is -2.22. The average Bonchev–Trinajstić information content (AvgIpc) is 2.07. The Morgan fingerprint density at radius 2 is 2.07 bits per heavy atom. The highest BCUT2D eigenvalue weighted by Gasteiger charge is 2.03. The number of pyridine rings is 1. The normalized spacial score (nSPS) is 10.6. The molecule has 0 amide bonds. The van der Waals surface area contributed by atoms with Gasteiger partial charge >= 0.3 is 0 Å². The standard InChI is InChI=1S/C11H15NO2/c1-8(2)10-4-5-11(14)12(7-10)6-9(3)13/h4-5,7-8H,6H2,1-3H3. The molecule has 1 heterocycles. The van der Waals surface area contributed by atoms with Crippen LogP contribution in [0.3, 0.4) is 0 Å². The Kier molecular flexibility index (Phi) is 3.23. The number of ketones is 1. The monoisotopic (exact) mass is 193 g/mol. The molecule has 0 saturated heterocycles. The second-order valence-corrected chi connectivity index (χ2v) is 3.79. The van der Waals surface area contributed by atoms with Crippen LogP contribution >= 0.6 is 0 Å². The number of hydrogen-bond acceptors (Lipinski definition) is 2. The van der Waals surface area contributed by atoms with Gasteiger partial charge in [-0.1, -0.05) is 19.9 Å². The zero-order valence-corrected chi connectivity index (χ0v) is 8.78. The summed E-state index contributed by atoms with van der Waals surface area (Å²) in [5.74, 6) is 0.363. The van der Waals surface area contributed by atoms with E-state index in [1.165, 1.54) is 17.6 Å². The summed E-state index contributed by atoms with van der Waals surface area (Å²) in [7, 11) is 0. The van der Waals surface area contributed by atoms with E-state index < -0.39 is 0 Å². The summed E-state index contributed by atoms with van der Waals surface area (Å²) in [6.45, 7) is 5.75. The summed E-state index contributed by atoms with van der Waals surface area (Å²) < 4.78 is 1.46. The van der Waals surface area contributed by atoms with Gasteiger partial charge in [-0.3, -0.25) is 9.59 Å². The molecule has 3 nitrogen and oxygen atoms in total. The zero-order valence-electron chi connectivity index (χ0n) is 8.78. The van der Waals surface area contributed by atoms with E-state index in [0.717, 1.165) is 5.56 Å². The van der Waals surface area contributed by atoms with Crippen molar-refractivity contribution in [1.29, 1.82) is 0 Å². The Morgan fingerprint density at radius 3 is 2.57 bits per heavy atom. The fourth-order valence-corrected chi connectivity index (χ4v) is 1.25. The van der Waals surface area contributed by atoms with E-state index in [2.05, 4.69) is 13.8 Å². The molecular formula is C11H15NO2. The first-order valence-corrected chi connectivity index (χ1v) is 4.70. The lowest BCUT2D eigenvalue weighted by Gasteiger charge is -2.08. The van der Waals surface area contributed by atoms with Gasteiger partial charge in [-0.2, -0.15) is 0 Å². The summed E-state index contributed by atoms with van der Waals surface area (Å²) in [6.07, 6.45) is 1.76. The minimum Gasteiger partial charge on any atom is -0.308 e. The highest BCUT2D eigenvalue weighted by Crippen LogP contribution is 2.11. The number of aromatic nitrogens is 1. The molecule has 0 atom stereocenters. The molecule has 0 unspecified atom stereocenters. The van der Waals surface area contributed by atoms with Crippen LogP contribution in [0.15, 0.2) is 23.1 Å². The van der Waals surface area contributed by atoms with Gasteiger partial charge in [0.2, 0.25) is 0 Å². The van der Waals surface area contributed by atoms with Crippen molar-refractivity contribution in [3.63, 3.8) is 0 Å². The molecule has 1 rings (SSSR count). The van der Waals surface area contributed by atoms with Gasteiger partial charge in [0, 0.05) is 12.3 Å². The summed E-state index contributed by atoms with van der Waals surface area (Å²) in [4.78, 5) is 22.2. The molecule has 14 heavy (non-hydrogen) atoms. The van der Waals surface area contributed by atoms with Gasteiger partial charge < -0.3 is 4.57 Å². The average molecular weight is 193 g/mol. The zero-order chi connectivity index (χ0) is 10.7. The van der Waals surface area contributed by atoms with Crippen LogP contribution in [-0.4, -0.2) is 10.4 Å². The number of carbonyl (C=O) groups excluding carboxylic acids is 1. The number of hydrogen-bond donors (Lipinski definition) is 0. The number of nitrogens with zero attached hydrogens (tertiary/aromatic N) is 1. The third-order valence-electron chi connectivity index (χ3n) is 2.07. The van der Waals surface area contributed by atoms with Crippen LogP contribution in [0, 0.1) is 0 Å². The Bertz CT molecular complexity index is 391. The highest BCUT2D eigenvalue weighted by molar-refractivity contribution is 5.75. The van der Waals surface area contributed by atoms with Crippen molar-refractivity contribution in [1.82, 2.24) is 4.57 Å². The van der Waals surface area contributed by atoms with Crippen molar-refractivity contribution in [2.24, 2.45) is 0 Å². The van der Waals surface area contributed by atoms with Crippen molar-refractivity contribution in [2.45, 2.75) is 33.2 Å². The predicted molar refractivity (Wildman–Crippen MR) is 55.5 cm³/mol. The molecule has 3 heteroatoms. The van der Waals surface area contributed by atoms with Crippen LogP contribution in [-0.2, 0) is 11.3 Å². The molecule has 0 bridgehead atoms. The second kappa shape index (κ2) is 4.22. The molecule has 0 spiro atoms. The molecule has 0 radical (unpaired) electrons. The predicted octanol–water partition coefficient (Wildman–Crippen LogP) is 1.56. The first kappa shape index (κ1) is 10.7. The SMILES string of the molecule is CC(=O)Cn1cc(C(C)C)ccc1=O. The molecule has 0 aliphatic heterocycles. The molecule has 1 aromatic rings. The smallest absolute Gasteiger partial charge is 0.250 e. The third kappa shape index (κ3) is 2.55. The van der Waals surface area contributed by atoms with Crippen LogP contribution in [0.2, 0.25) is 0 Å². The van der Waals surface area contributed by atoms with Gasteiger partial charge in [0.1, 0.15) is 5.78 Å². The van der Waals surface area contributed by atoms with Crippen molar-refractivity contribution in [2.75, 3.05) is 0 Å². The Labute approximate surface area is 83.4 Å². The summed E-state index contributed by atoms with van der Waals surface area (Å²) in [6, 6.07) is 3.32. The van der Waals surface area contributed by atoms with Gasteiger partial charge in [0.05, 0.1) is 6.54 Å². The molecule has 0 N–H and O–H groups in total. The van der Waals surface area contributed by atoms with Crippen LogP contribution in [0.4, 0.5) is 0 Å². The van der Waals surface area contributed by atoms with Gasteiger partial charge in [0.25, 0.3) is 5.56 Å². The lowest BCUT2D eigenvalue weighted by atomic mass is 10.1. The molecule has 0 aliphatic carbocycles. The quantitative estimate of drug-likeness (QED) is 0.730. The van der Waals surface area contributed by atoms with E-state index in [0.29, 0.717) is 5.92 Å². The highest BCUT2D eigenvalue weighted by atomic mass is 16.1. The molecule has 0 aliphatic rings. The van der Waals surface area contributed by atoms with Gasteiger partial charge in [-0.15, -0.1) is 0 Å². The number of carbonyl (C=O) groups is 1. The van der Waals surface area contributed by atoms with E-state index in [1.807, 2.05) is 6.07 Å². The van der Waals surface area contributed by atoms with Crippen molar-refractivity contribution < 1.29 is 4.79 Å². The summed E-state index contributed by atoms with van der Waals surface area (Å²) in [5, 5.41) is 0. The lowest BCUT2D eigenvalue weighted by molar-refractivity contribution is -0.117. The Hall–Kier alpha value is -1.38. The minimum absolute atomic E-state index is 0.00648. The maximum Gasteiger partial charge on any atom is 0.250 e. The molecule has 1 aromatic heterocycles. The maximum absolute atomic E-state index is 11.3. The number of Topliss-reactive ketones (excluding diaryl/α,β-unsaturated/α-hetero) is 1. The van der Waals surface area contributed by atoms with Crippen molar-refractivity contribution in [3.8, 4) is 0 Å². The molecular weight excluding hydrogens is 178 g/mol. The van der Waals surface area contributed by atoms with E-state index in [9.17, 15) is 9.59 Å². The fourth-order valence-electron chi connectivity index (χ4n) is 1.25. The molecule has 0 saturated carbocycles. The number of rotatable bonds is 3. The largest absolute Gasteiger partial charge is 0.308 e. The van der Waals surface area contributed by atoms with E-state index in [-0.39, 0.29) is 17.9 Å².